The maximum atomic E-state index is 11.0. The number of hydrogen-bond acceptors (Lipinski definition) is 3. The number of terminal acetylenes is 1. The third-order valence-corrected chi connectivity index (χ3v) is 1.54. The van der Waals surface area contributed by atoms with E-state index in [4.69, 9.17) is 11.6 Å². The molecule has 1 amide bonds. The van der Waals surface area contributed by atoms with Gasteiger partial charge in [0.25, 0.3) is 5.91 Å². The van der Waals surface area contributed by atoms with E-state index in [9.17, 15) is 4.79 Å². The van der Waals surface area contributed by atoms with Crippen molar-refractivity contribution in [1.29, 1.82) is 0 Å². The van der Waals surface area contributed by atoms with Crippen LogP contribution in [0.4, 0.5) is 0 Å². The first-order valence-corrected chi connectivity index (χ1v) is 3.57. The normalized spacial score (nSPS) is 11.8. The van der Waals surface area contributed by atoms with Crippen LogP contribution in [0, 0.1) is 12.3 Å². The summed E-state index contributed by atoms with van der Waals surface area (Å²) in [5.41, 5.74) is 0. The number of amides is 1. The third kappa shape index (κ3) is 3.33. The van der Waals surface area contributed by atoms with E-state index in [2.05, 4.69) is 20.4 Å². The minimum absolute atomic E-state index is 0.257. The van der Waals surface area contributed by atoms with Gasteiger partial charge in [0.15, 0.2) is 0 Å². The second-order valence-electron chi connectivity index (χ2n) is 1.99. The van der Waals surface area contributed by atoms with Crippen LogP contribution < -0.4 is 5.09 Å². The molecule has 0 aromatic heterocycles. The minimum atomic E-state index is -0.528. The van der Waals surface area contributed by atoms with Crippen molar-refractivity contribution < 1.29 is 10.0 Å². The highest BCUT2D eigenvalue weighted by molar-refractivity contribution is 7.13. The zero-order valence-electron chi connectivity index (χ0n) is 6.24. The first-order valence-electron chi connectivity index (χ1n) is 2.99. The summed E-state index contributed by atoms with van der Waals surface area (Å²) in [6.07, 6.45) is 5.25. The van der Waals surface area contributed by atoms with E-state index in [1.807, 2.05) is 0 Å². The maximum absolute atomic E-state index is 11.0. The van der Waals surface area contributed by atoms with Crippen molar-refractivity contribution in [2.24, 2.45) is 0 Å². The highest BCUT2D eigenvalue weighted by atomic mass is 31.0. The smallest absolute Gasteiger partial charge is 0.264 e. The van der Waals surface area contributed by atoms with Crippen LogP contribution in [0.15, 0.2) is 0 Å². The molecule has 0 spiro atoms. The largest absolute Gasteiger partial charge is 0.288 e. The number of hydroxylamine groups is 2. The summed E-state index contributed by atoms with van der Waals surface area (Å²) in [5, 5.41) is 11.8. The quantitative estimate of drug-likeness (QED) is 0.265. The monoisotopic (exact) mass is 174 g/mol. The van der Waals surface area contributed by atoms with Crippen molar-refractivity contribution in [2.75, 3.05) is 7.05 Å². The fourth-order valence-electron chi connectivity index (χ4n) is 0.561. The van der Waals surface area contributed by atoms with Crippen LogP contribution in [-0.2, 0) is 4.79 Å². The molecule has 0 rings (SSSR count). The second kappa shape index (κ2) is 5.09. The van der Waals surface area contributed by atoms with E-state index in [-0.39, 0.29) is 6.42 Å². The van der Waals surface area contributed by atoms with Crippen LogP contribution in [0.1, 0.15) is 6.42 Å². The molecule has 2 atom stereocenters. The summed E-state index contributed by atoms with van der Waals surface area (Å²) in [6, 6.07) is -0.528. The topological polar surface area (TPSA) is 52.6 Å². The van der Waals surface area contributed by atoms with Gasteiger partial charge >= 0.3 is 0 Å². The number of nitrogens with one attached hydrogen (secondary N) is 1. The molecule has 62 valence electrons. The van der Waals surface area contributed by atoms with Crippen LogP contribution in [0.25, 0.3) is 0 Å². The molecule has 11 heavy (non-hydrogen) atoms. The van der Waals surface area contributed by atoms with Gasteiger partial charge in [-0.3, -0.25) is 15.1 Å². The standard InChI is InChI=1S/C6H11N2O2P/c1-3-4-5(7-11)6(9)8(2)10/h1,5,7,10H,4,11H2,2H3. The molecule has 0 bridgehead atoms. The number of carbonyl (C=O) groups excluding carboxylic acids is 1. The van der Waals surface area contributed by atoms with Crippen molar-refractivity contribution in [1.82, 2.24) is 10.2 Å². The van der Waals surface area contributed by atoms with Crippen molar-refractivity contribution in [3.8, 4) is 12.3 Å². The lowest BCUT2D eigenvalue weighted by Gasteiger charge is -2.15. The number of hydrogen-bond donors (Lipinski definition) is 2. The lowest BCUT2D eigenvalue weighted by Crippen LogP contribution is -2.39. The van der Waals surface area contributed by atoms with Gasteiger partial charge in [0.2, 0.25) is 0 Å². The SMILES string of the molecule is C#CCC(NP)C(=O)N(C)O. The Bertz CT molecular complexity index is 176. The van der Waals surface area contributed by atoms with Gasteiger partial charge in [-0.05, 0) is 0 Å². The van der Waals surface area contributed by atoms with Gasteiger partial charge in [-0.1, -0.05) is 9.39 Å². The molecule has 0 aromatic rings. The number of rotatable bonds is 3. The van der Waals surface area contributed by atoms with Gasteiger partial charge < -0.3 is 0 Å². The molecule has 0 heterocycles. The Hall–Kier alpha value is -0.620. The molecule has 0 fully saturated rings. The fraction of sp³-hybridized carbons (Fsp3) is 0.500. The minimum Gasteiger partial charge on any atom is -0.288 e. The Labute approximate surface area is 68.2 Å². The average molecular weight is 174 g/mol. The van der Waals surface area contributed by atoms with E-state index >= 15 is 0 Å². The molecule has 0 aliphatic rings. The summed E-state index contributed by atoms with van der Waals surface area (Å²) in [5.74, 6) is 1.87. The fourth-order valence-corrected chi connectivity index (χ4v) is 0.821. The molecule has 2 unspecified atom stereocenters. The van der Waals surface area contributed by atoms with Gasteiger partial charge in [0, 0.05) is 13.5 Å². The molecule has 2 N–H and O–H groups in total. The van der Waals surface area contributed by atoms with Crippen LogP contribution in [0.3, 0.4) is 0 Å². The Morgan fingerprint density at radius 3 is 2.82 bits per heavy atom. The molecule has 0 radical (unpaired) electrons. The molecule has 0 aliphatic carbocycles. The summed E-state index contributed by atoms with van der Waals surface area (Å²) >= 11 is 0. The van der Waals surface area contributed by atoms with E-state index in [0.29, 0.717) is 5.06 Å². The molecule has 0 aromatic carbocycles. The Kier molecular flexibility index (Phi) is 4.80. The van der Waals surface area contributed by atoms with Gasteiger partial charge in [-0.25, -0.2) is 5.06 Å². The number of nitrogens with zero attached hydrogens (tertiary/aromatic N) is 1. The second-order valence-corrected chi connectivity index (χ2v) is 2.32. The molecular weight excluding hydrogens is 163 g/mol. The van der Waals surface area contributed by atoms with Crippen LogP contribution >= 0.6 is 9.39 Å². The molecule has 0 aliphatic heterocycles. The van der Waals surface area contributed by atoms with Gasteiger partial charge in [-0.2, -0.15) is 0 Å². The number of carbonyl (C=O) groups is 1. The molecule has 0 saturated carbocycles. The Morgan fingerprint density at radius 2 is 2.55 bits per heavy atom. The van der Waals surface area contributed by atoms with E-state index in [1.165, 1.54) is 7.05 Å². The predicted octanol–water partition coefficient (Wildman–Crippen LogP) is -0.394. The van der Waals surface area contributed by atoms with Crippen molar-refractivity contribution >= 4 is 15.3 Å². The highest BCUT2D eigenvalue weighted by Crippen LogP contribution is 1.96. The van der Waals surface area contributed by atoms with E-state index < -0.39 is 11.9 Å². The van der Waals surface area contributed by atoms with E-state index in [1.54, 1.807) is 0 Å². The Morgan fingerprint density at radius 1 is 2.00 bits per heavy atom. The summed E-state index contributed by atoms with van der Waals surface area (Å²) in [4.78, 5) is 11.0. The van der Waals surface area contributed by atoms with Crippen molar-refractivity contribution in [3.05, 3.63) is 0 Å². The molecule has 4 nitrogen and oxygen atoms in total. The molecular formula is C6H11N2O2P. The lowest BCUT2D eigenvalue weighted by molar-refractivity contribution is -0.161. The van der Waals surface area contributed by atoms with Crippen molar-refractivity contribution in [3.63, 3.8) is 0 Å². The summed E-state index contributed by atoms with van der Waals surface area (Å²) < 4.78 is 0. The van der Waals surface area contributed by atoms with Crippen LogP contribution in [-0.4, -0.2) is 29.3 Å². The van der Waals surface area contributed by atoms with Crippen LogP contribution in [0.5, 0.6) is 0 Å². The summed E-state index contributed by atoms with van der Waals surface area (Å²) in [7, 11) is 3.44. The summed E-state index contributed by atoms with van der Waals surface area (Å²) in [6.45, 7) is 0. The van der Waals surface area contributed by atoms with E-state index in [0.717, 1.165) is 0 Å². The molecule has 0 saturated heterocycles. The first-order chi connectivity index (χ1) is 5.13. The predicted molar refractivity (Wildman–Crippen MR) is 44.6 cm³/mol. The molecule has 5 heteroatoms. The lowest BCUT2D eigenvalue weighted by atomic mass is 10.2. The van der Waals surface area contributed by atoms with Gasteiger partial charge in [-0.15, -0.1) is 12.3 Å². The average Bonchev–Trinajstić information content (AvgIpc) is 1.98. The number of likely N-dealkylation sites (N-methyl/N-ethyl adjacent to an activating group) is 1. The third-order valence-electron chi connectivity index (χ3n) is 1.14. The van der Waals surface area contributed by atoms with Crippen LogP contribution in [0.2, 0.25) is 0 Å². The van der Waals surface area contributed by atoms with Crippen molar-refractivity contribution in [2.45, 2.75) is 12.5 Å². The maximum Gasteiger partial charge on any atom is 0.264 e. The Balaban J connectivity index is 4.05. The highest BCUT2D eigenvalue weighted by Gasteiger charge is 2.17. The zero-order chi connectivity index (χ0) is 8.85. The van der Waals surface area contributed by atoms with Gasteiger partial charge in [0.1, 0.15) is 6.04 Å². The first kappa shape index (κ1) is 10.4. The zero-order valence-corrected chi connectivity index (χ0v) is 7.40. The van der Waals surface area contributed by atoms with Gasteiger partial charge in [0.05, 0.1) is 0 Å².